The maximum Gasteiger partial charge on any atom is 0.239 e. The molecule has 1 aliphatic heterocycles. The summed E-state index contributed by atoms with van der Waals surface area (Å²) in [6, 6.07) is 9.36. The molecule has 0 spiro atoms. The third-order valence-electron chi connectivity index (χ3n) is 4.98. The molecule has 4 nitrogen and oxygen atoms in total. The van der Waals surface area contributed by atoms with Crippen molar-refractivity contribution in [3.05, 3.63) is 35.9 Å². The molecule has 0 bridgehead atoms. The lowest BCUT2D eigenvalue weighted by molar-refractivity contribution is -0.135. The molecule has 1 fully saturated rings. The lowest BCUT2D eigenvalue weighted by atomic mass is 9.87. The van der Waals surface area contributed by atoms with Gasteiger partial charge in [0, 0.05) is 13.1 Å². The van der Waals surface area contributed by atoms with E-state index < -0.39 is 12.1 Å². The molecular weight excluding hydrogens is 276 g/mol. The molecule has 1 aromatic carbocycles. The Morgan fingerprint density at radius 3 is 2.45 bits per heavy atom. The molecule has 1 aromatic rings. The van der Waals surface area contributed by atoms with Crippen LogP contribution in [0, 0.1) is 11.8 Å². The van der Waals surface area contributed by atoms with Gasteiger partial charge in [-0.1, -0.05) is 50.6 Å². The number of carbonyl (C=O) groups excluding carboxylic acids is 1. The minimum atomic E-state index is -0.443. The Labute approximate surface area is 133 Å². The number of nitrogens with two attached hydrogens (primary N) is 1. The van der Waals surface area contributed by atoms with E-state index in [2.05, 4.69) is 6.92 Å². The van der Waals surface area contributed by atoms with Crippen molar-refractivity contribution in [3.8, 4) is 0 Å². The maximum atomic E-state index is 12.4. The van der Waals surface area contributed by atoms with E-state index in [-0.39, 0.29) is 17.7 Å². The average Bonchev–Trinajstić information content (AvgIpc) is 2.60. The molecule has 1 heterocycles. The summed E-state index contributed by atoms with van der Waals surface area (Å²) in [6.45, 7) is 5.46. The zero-order chi connectivity index (χ0) is 16.1. The maximum absolute atomic E-state index is 12.4. The molecule has 3 unspecified atom stereocenters. The van der Waals surface area contributed by atoms with Crippen molar-refractivity contribution in [1.82, 2.24) is 4.90 Å². The fourth-order valence-corrected chi connectivity index (χ4v) is 3.07. The molecule has 2 rings (SSSR count). The van der Waals surface area contributed by atoms with Gasteiger partial charge in [-0.15, -0.1) is 0 Å². The Morgan fingerprint density at radius 2 is 1.91 bits per heavy atom. The molecular formula is C18H28N2O2. The van der Waals surface area contributed by atoms with Crippen LogP contribution in [-0.4, -0.2) is 35.0 Å². The zero-order valence-corrected chi connectivity index (χ0v) is 13.6. The van der Waals surface area contributed by atoms with Crippen molar-refractivity contribution in [2.24, 2.45) is 17.6 Å². The highest BCUT2D eigenvalue weighted by atomic mass is 16.3. The van der Waals surface area contributed by atoms with Gasteiger partial charge in [-0.2, -0.15) is 0 Å². The smallest absolute Gasteiger partial charge is 0.239 e. The molecule has 122 valence electrons. The average molecular weight is 304 g/mol. The predicted molar refractivity (Wildman–Crippen MR) is 88.1 cm³/mol. The molecule has 1 amide bonds. The first-order valence-corrected chi connectivity index (χ1v) is 8.32. The summed E-state index contributed by atoms with van der Waals surface area (Å²) in [5, 5.41) is 10.5. The predicted octanol–water partition coefficient (Wildman–Crippen LogP) is 2.33. The molecule has 0 saturated carbocycles. The van der Waals surface area contributed by atoms with E-state index in [1.54, 1.807) is 0 Å². The van der Waals surface area contributed by atoms with Gasteiger partial charge in [0.1, 0.15) is 0 Å². The van der Waals surface area contributed by atoms with Crippen molar-refractivity contribution in [2.45, 2.75) is 45.3 Å². The largest absolute Gasteiger partial charge is 0.388 e. The lowest BCUT2D eigenvalue weighted by Gasteiger charge is -2.36. The van der Waals surface area contributed by atoms with Crippen LogP contribution in [0.3, 0.4) is 0 Å². The van der Waals surface area contributed by atoms with E-state index in [9.17, 15) is 9.90 Å². The number of amides is 1. The van der Waals surface area contributed by atoms with Crippen LogP contribution in [0.5, 0.6) is 0 Å². The number of piperidine rings is 1. The van der Waals surface area contributed by atoms with Crippen LogP contribution >= 0.6 is 0 Å². The number of aliphatic hydroxyl groups excluding tert-OH is 1. The van der Waals surface area contributed by atoms with Crippen LogP contribution in [0.2, 0.25) is 0 Å². The summed E-state index contributed by atoms with van der Waals surface area (Å²) < 4.78 is 0. The van der Waals surface area contributed by atoms with E-state index >= 15 is 0 Å². The number of benzene rings is 1. The first kappa shape index (κ1) is 17.0. The van der Waals surface area contributed by atoms with Crippen LogP contribution in [0.1, 0.15) is 44.8 Å². The summed E-state index contributed by atoms with van der Waals surface area (Å²) in [4.78, 5) is 14.2. The number of carbonyl (C=O) groups is 1. The third kappa shape index (κ3) is 3.87. The Balaban J connectivity index is 1.89. The van der Waals surface area contributed by atoms with Gasteiger partial charge in [0.15, 0.2) is 0 Å². The second-order valence-corrected chi connectivity index (χ2v) is 6.43. The number of likely N-dealkylation sites (tertiary alicyclic amines) is 1. The van der Waals surface area contributed by atoms with Gasteiger partial charge < -0.3 is 15.7 Å². The van der Waals surface area contributed by atoms with E-state index in [0.29, 0.717) is 13.1 Å². The topological polar surface area (TPSA) is 66.6 Å². The van der Waals surface area contributed by atoms with Crippen molar-refractivity contribution in [1.29, 1.82) is 0 Å². The second kappa shape index (κ2) is 7.75. The molecule has 3 atom stereocenters. The standard InChI is InChI=1S/C18H28N2O2/c1-3-13(2)16(19)18(22)20-11-9-15(10-12-20)17(21)14-7-5-4-6-8-14/h4-8,13,15-17,21H,3,9-12,19H2,1-2H3. The number of aliphatic hydroxyl groups is 1. The highest BCUT2D eigenvalue weighted by Crippen LogP contribution is 2.30. The molecule has 0 radical (unpaired) electrons. The first-order chi connectivity index (χ1) is 10.5. The van der Waals surface area contributed by atoms with Crippen molar-refractivity contribution >= 4 is 5.91 Å². The zero-order valence-electron chi connectivity index (χ0n) is 13.6. The minimum Gasteiger partial charge on any atom is -0.388 e. The van der Waals surface area contributed by atoms with Gasteiger partial charge in [-0.05, 0) is 30.2 Å². The van der Waals surface area contributed by atoms with Gasteiger partial charge in [-0.3, -0.25) is 4.79 Å². The number of rotatable bonds is 5. The van der Waals surface area contributed by atoms with Crippen LogP contribution in [0.15, 0.2) is 30.3 Å². The summed E-state index contributed by atoms with van der Waals surface area (Å²) in [7, 11) is 0. The van der Waals surface area contributed by atoms with Gasteiger partial charge in [0.25, 0.3) is 0 Å². The normalized spacial score (nSPS) is 20.5. The van der Waals surface area contributed by atoms with Crippen molar-refractivity contribution in [3.63, 3.8) is 0 Å². The summed E-state index contributed by atoms with van der Waals surface area (Å²) in [6.07, 6.45) is 2.13. The highest BCUT2D eigenvalue weighted by Gasteiger charge is 2.31. The molecule has 22 heavy (non-hydrogen) atoms. The van der Waals surface area contributed by atoms with Gasteiger partial charge in [-0.25, -0.2) is 0 Å². The van der Waals surface area contributed by atoms with Crippen LogP contribution < -0.4 is 5.73 Å². The molecule has 0 aromatic heterocycles. The lowest BCUT2D eigenvalue weighted by Crippen LogP contribution is -2.50. The summed E-state index contributed by atoms with van der Waals surface area (Å²) in [5.41, 5.74) is 7.01. The monoisotopic (exact) mass is 304 g/mol. The fraction of sp³-hybridized carbons (Fsp3) is 0.611. The van der Waals surface area contributed by atoms with Gasteiger partial charge >= 0.3 is 0 Å². The number of hydrogen-bond acceptors (Lipinski definition) is 3. The van der Waals surface area contributed by atoms with Crippen molar-refractivity contribution in [2.75, 3.05) is 13.1 Å². The second-order valence-electron chi connectivity index (χ2n) is 6.43. The van der Waals surface area contributed by atoms with Crippen LogP contribution in [0.25, 0.3) is 0 Å². The van der Waals surface area contributed by atoms with Crippen molar-refractivity contribution < 1.29 is 9.90 Å². The van der Waals surface area contributed by atoms with E-state index in [4.69, 9.17) is 5.73 Å². The van der Waals surface area contributed by atoms with E-state index in [0.717, 1.165) is 24.8 Å². The SMILES string of the molecule is CCC(C)C(N)C(=O)N1CCC(C(O)c2ccccc2)CC1. The fourth-order valence-electron chi connectivity index (χ4n) is 3.07. The van der Waals surface area contributed by atoms with E-state index in [1.165, 1.54) is 0 Å². The molecule has 4 heteroatoms. The molecule has 1 aliphatic rings. The van der Waals surface area contributed by atoms with Gasteiger partial charge in [0.05, 0.1) is 12.1 Å². The van der Waals surface area contributed by atoms with Crippen LogP contribution in [-0.2, 0) is 4.79 Å². The first-order valence-electron chi connectivity index (χ1n) is 8.32. The van der Waals surface area contributed by atoms with Crippen LogP contribution in [0.4, 0.5) is 0 Å². The molecule has 0 aliphatic carbocycles. The Kier molecular flexibility index (Phi) is 5.98. The molecule has 3 N–H and O–H groups in total. The summed E-state index contributed by atoms with van der Waals surface area (Å²) in [5.74, 6) is 0.480. The Morgan fingerprint density at radius 1 is 1.32 bits per heavy atom. The Hall–Kier alpha value is -1.39. The quantitative estimate of drug-likeness (QED) is 0.877. The molecule has 1 saturated heterocycles. The third-order valence-corrected chi connectivity index (χ3v) is 4.98. The summed E-state index contributed by atoms with van der Waals surface area (Å²) >= 11 is 0. The number of hydrogen-bond donors (Lipinski definition) is 2. The minimum absolute atomic E-state index is 0.0574. The van der Waals surface area contributed by atoms with E-state index in [1.807, 2.05) is 42.2 Å². The van der Waals surface area contributed by atoms with Gasteiger partial charge in [0.2, 0.25) is 5.91 Å². The number of nitrogens with zero attached hydrogens (tertiary/aromatic N) is 1. The Bertz CT molecular complexity index is 469. The highest BCUT2D eigenvalue weighted by molar-refractivity contribution is 5.82.